The van der Waals surface area contributed by atoms with E-state index in [1.165, 1.54) is 11.6 Å². The quantitative estimate of drug-likeness (QED) is 0.305. The molecule has 0 saturated heterocycles. The number of nitrogens with zero attached hydrogens (tertiary/aromatic N) is 4. The van der Waals surface area contributed by atoms with Crippen molar-refractivity contribution in [3.63, 3.8) is 0 Å². The van der Waals surface area contributed by atoms with Crippen molar-refractivity contribution in [1.29, 1.82) is 0 Å². The average Bonchev–Trinajstić information content (AvgIpc) is 3.32. The molecule has 3 heterocycles. The van der Waals surface area contributed by atoms with Crippen molar-refractivity contribution in [3.05, 3.63) is 76.9 Å². The average molecular weight is 502 g/mol. The summed E-state index contributed by atoms with van der Waals surface area (Å²) in [5, 5.41) is 8.69. The Balaban J connectivity index is 1.23. The zero-order valence-corrected chi connectivity index (χ0v) is 22.0. The van der Waals surface area contributed by atoms with Crippen molar-refractivity contribution in [2.24, 2.45) is 18.9 Å². The second-order valence-electron chi connectivity index (χ2n) is 10.9. The standard InChI is InChI=1S/C30H36FN5O/c1-20(2)17-36-19-23(24-16-34-35(3)18-24)14-29(30(36)37)33-12-10-21-4-6-22(7-5-21)26-11-13-32-28-9-8-25(31)15-27(26)28/h8-9,11,13-16,18-22,33H,4-7,10,12,17H2,1-3H3. The first-order chi connectivity index (χ1) is 17.9. The molecule has 194 valence electrons. The lowest BCUT2D eigenvalue weighted by Crippen LogP contribution is -2.26. The molecule has 0 bridgehead atoms. The van der Waals surface area contributed by atoms with Crippen molar-refractivity contribution in [1.82, 2.24) is 19.3 Å². The molecule has 37 heavy (non-hydrogen) atoms. The number of nitrogens with one attached hydrogen (secondary N) is 1. The maximum atomic E-state index is 13.9. The Morgan fingerprint density at radius 2 is 1.89 bits per heavy atom. The summed E-state index contributed by atoms with van der Waals surface area (Å²) in [6, 6.07) is 8.89. The maximum absolute atomic E-state index is 13.9. The lowest BCUT2D eigenvalue weighted by atomic mass is 9.77. The van der Waals surface area contributed by atoms with Gasteiger partial charge in [-0.1, -0.05) is 13.8 Å². The maximum Gasteiger partial charge on any atom is 0.273 e. The summed E-state index contributed by atoms with van der Waals surface area (Å²) in [6.45, 7) is 5.70. The molecule has 1 fully saturated rings. The summed E-state index contributed by atoms with van der Waals surface area (Å²) in [4.78, 5) is 17.6. The van der Waals surface area contributed by atoms with Gasteiger partial charge in [-0.25, -0.2) is 4.39 Å². The minimum atomic E-state index is -0.207. The second-order valence-corrected chi connectivity index (χ2v) is 10.9. The highest BCUT2D eigenvalue weighted by atomic mass is 19.1. The summed E-state index contributed by atoms with van der Waals surface area (Å²) >= 11 is 0. The topological polar surface area (TPSA) is 64.7 Å². The van der Waals surface area contributed by atoms with E-state index in [0.717, 1.165) is 60.7 Å². The number of anilines is 1. The van der Waals surface area contributed by atoms with Gasteiger partial charge in [-0.2, -0.15) is 5.10 Å². The fraction of sp³-hybridized carbons (Fsp3) is 0.433. The molecule has 1 aliphatic carbocycles. The Morgan fingerprint density at radius 1 is 1.08 bits per heavy atom. The number of fused-ring (bicyclic) bond motifs is 1. The van der Waals surface area contributed by atoms with Crippen LogP contribution in [0.4, 0.5) is 10.1 Å². The SMILES string of the molecule is CC(C)Cn1cc(-c2cnn(C)c2)cc(NCCC2CCC(c3ccnc4ccc(F)cc34)CC2)c1=O. The van der Waals surface area contributed by atoms with Crippen molar-refractivity contribution in [2.45, 2.75) is 58.4 Å². The monoisotopic (exact) mass is 501 g/mol. The van der Waals surface area contributed by atoms with Gasteiger partial charge in [0.25, 0.3) is 5.56 Å². The Kier molecular flexibility index (Phi) is 7.40. The van der Waals surface area contributed by atoms with Crippen LogP contribution < -0.4 is 10.9 Å². The normalized spacial score (nSPS) is 18.0. The van der Waals surface area contributed by atoms with Crippen LogP contribution >= 0.6 is 0 Å². The molecule has 0 spiro atoms. The van der Waals surface area contributed by atoms with Crippen molar-refractivity contribution < 1.29 is 4.39 Å². The van der Waals surface area contributed by atoms with Crippen LogP contribution in [-0.4, -0.2) is 25.9 Å². The van der Waals surface area contributed by atoms with Crippen LogP contribution in [0.3, 0.4) is 0 Å². The zero-order chi connectivity index (χ0) is 25.9. The lowest BCUT2D eigenvalue weighted by Gasteiger charge is -2.29. The minimum Gasteiger partial charge on any atom is -0.381 e. The fourth-order valence-corrected chi connectivity index (χ4v) is 5.69. The number of aromatic nitrogens is 4. The molecule has 0 amide bonds. The van der Waals surface area contributed by atoms with Gasteiger partial charge >= 0.3 is 0 Å². The molecule has 1 saturated carbocycles. The molecule has 0 radical (unpaired) electrons. The van der Waals surface area contributed by atoms with E-state index < -0.39 is 0 Å². The fourth-order valence-electron chi connectivity index (χ4n) is 5.69. The lowest BCUT2D eigenvalue weighted by molar-refractivity contribution is 0.316. The number of benzene rings is 1. The summed E-state index contributed by atoms with van der Waals surface area (Å²) < 4.78 is 17.5. The Labute approximate surface area is 217 Å². The third kappa shape index (κ3) is 5.76. The number of hydrogen-bond acceptors (Lipinski definition) is 4. The highest BCUT2D eigenvalue weighted by molar-refractivity contribution is 5.82. The van der Waals surface area contributed by atoms with E-state index in [1.807, 2.05) is 42.5 Å². The Bertz CT molecular complexity index is 1430. The second kappa shape index (κ2) is 10.9. The molecule has 6 nitrogen and oxygen atoms in total. The molecular formula is C30H36FN5O. The van der Waals surface area contributed by atoms with Gasteiger partial charge in [0.15, 0.2) is 0 Å². The third-order valence-corrected chi connectivity index (χ3v) is 7.58. The smallest absolute Gasteiger partial charge is 0.273 e. The van der Waals surface area contributed by atoms with Gasteiger partial charge in [-0.05, 0) is 85.8 Å². The van der Waals surface area contributed by atoms with E-state index in [9.17, 15) is 9.18 Å². The van der Waals surface area contributed by atoms with Crippen LogP contribution in [0, 0.1) is 17.7 Å². The number of rotatable bonds is 8. The summed E-state index contributed by atoms with van der Waals surface area (Å²) in [5.74, 6) is 1.23. The van der Waals surface area contributed by atoms with Crippen LogP contribution in [0.1, 0.15) is 57.4 Å². The van der Waals surface area contributed by atoms with Gasteiger partial charge in [-0.3, -0.25) is 14.5 Å². The number of aryl methyl sites for hydroxylation is 1. The van der Waals surface area contributed by atoms with E-state index >= 15 is 0 Å². The van der Waals surface area contributed by atoms with Crippen LogP contribution in [0.5, 0.6) is 0 Å². The van der Waals surface area contributed by atoms with Gasteiger partial charge in [0.05, 0.1) is 11.7 Å². The third-order valence-electron chi connectivity index (χ3n) is 7.58. The molecule has 5 rings (SSSR count). The van der Waals surface area contributed by atoms with Gasteiger partial charge < -0.3 is 9.88 Å². The number of hydrogen-bond donors (Lipinski definition) is 1. The molecule has 0 atom stereocenters. The predicted molar refractivity (Wildman–Crippen MR) is 147 cm³/mol. The highest BCUT2D eigenvalue weighted by Crippen LogP contribution is 2.39. The van der Waals surface area contributed by atoms with E-state index in [1.54, 1.807) is 16.8 Å². The van der Waals surface area contributed by atoms with Gasteiger partial charge in [0.2, 0.25) is 0 Å². The predicted octanol–water partition coefficient (Wildman–Crippen LogP) is 6.37. The summed E-state index contributed by atoms with van der Waals surface area (Å²) in [6.07, 6.45) is 13.1. The van der Waals surface area contributed by atoms with Crippen LogP contribution in [-0.2, 0) is 13.6 Å². The molecule has 0 unspecified atom stereocenters. The van der Waals surface area contributed by atoms with Gasteiger partial charge in [-0.15, -0.1) is 0 Å². The molecule has 1 aliphatic rings. The number of pyridine rings is 2. The van der Waals surface area contributed by atoms with E-state index in [0.29, 0.717) is 30.0 Å². The van der Waals surface area contributed by atoms with E-state index in [-0.39, 0.29) is 11.4 Å². The zero-order valence-electron chi connectivity index (χ0n) is 22.0. The van der Waals surface area contributed by atoms with Crippen molar-refractivity contribution >= 4 is 16.6 Å². The van der Waals surface area contributed by atoms with Gasteiger partial charge in [0, 0.05) is 55.2 Å². The van der Waals surface area contributed by atoms with Crippen LogP contribution in [0.15, 0.2) is 59.9 Å². The summed E-state index contributed by atoms with van der Waals surface area (Å²) in [5.41, 5.74) is 4.77. The molecule has 1 aromatic carbocycles. The molecule has 4 aromatic rings. The number of halogens is 1. The Morgan fingerprint density at radius 3 is 2.62 bits per heavy atom. The molecule has 3 aromatic heterocycles. The van der Waals surface area contributed by atoms with Crippen molar-refractivity contribution in [3.8, 4) is 11.1 Å². The highest BCUT2D eigenvalue weighted by Gasteiger charge is 2.24. The first-order valence-corrected chi connectivity index (χ1v) is 13.4. The van der Waals surface area contributed by atoms with E-state index in [2.05, 4.69) is 35.3 Å². The van der Waals surface area contributed by atoms with Crippen LogP contribution in [0.25, 0.3) is 22.0 Å². The first-order valence-electron chi connectivity index (χ1n) is 13.4. The van der Waals surface area contributed by atoms with E-state index in [4.69, 9.17) is 0 Å². The minimum absolute atomic E-state index is 0.0295. The Hall–Kier alpha value is -3.48. The molecule has 7 heteroatoms. The largest absolute Gasteiger partial charge is 0.381 e. The van der Waals surface area contributed by atoms with Gasteiger partial charge in [0.1, 0.15) is 11.5 Å². The molecular weight excluding hydrogens is 465 g/mol. The van der Waals surface area contributed by atoms with Crippen molar-refractivity contribution in [2.75, 3.05) is 11.9 Å². The summed E-state index contributed by atoms with van der Waals surface area (Å²) in [7, 11) is 1.90. The first kappa shape index (κ1) is 25.2. The van der Waals surface area contributed by atoms with Crippen LogP contribution in [0.2, 0.25) is 0 Å². The molecule has 0 aliphatic heterocycles. The molecule has 1 N–H and O–H groups in total.